The molecule has 0 saturated carbocycles. The minimum Gasteiger partial charge on any atom is -0.453 e. The Hall–Kier alpha value is -8.09. The first-order valence-electron chi connectivity index (χ1n) is 21.3. The number of benzene rings is 9. The van der Waals surface area contributed by atoms with Gasteiger partial charge in [-0.1, -0.05) is 103 Å². The number of hydrogen-bond donors (Lipinski definition) is 0. The van der Waals surface area contributed by atoms with Crippen molar-refractivity contribution in [1.29, 1.82) is 0 Å². The van der Waals surface area contributed by atoms with Gasteiger partial charge in [0.05, 0.1) is 22.7 Å². The van der Waals surface area contributed by atoms with Crippen LogP contribution in [0.3, 0.4) is 0 Å². The van der Waals surface area contributed by atoms with Crippen molar-refractivity contribution >= 4 is 114 Å². The summed E-state index contributed by atoms with van der Waals surface area (Å²) in [7, 11) is 0. The Morgan fingerprint density at radius 2 is 0.677 bits per heavy atom. The van der Waals surface area contributed by atoms with E-state index >= 15 is 0 Å². The van der Waals surface area contributed by atoms with Crippen LogP contribution in [0, 0.1) is 0 Å². The molecule has 6 aliphatic rings. The minimum absolute atomic E-state index is 0.0645. The summed E-state index contributed by atoms with van der Waals surface area (Å²) < 4.78 is 13.7. The summed E-state index contributed by atoms with van der Waals surface area (Å²) in [6, 6.07) is 70.4. The minimum atomic E-state index is -0.0645. The molecule has 6 nitrogen and oxygen atoms in total. The summed E-state index contributed by atoms with van der Waals surface area (Å²) in [6.45, 7) is -0.129. The molecule has 9 aromatic rings. The lowest BCUT2D eigenvalue weighted by Crippen LogP contribution is -2.65. The van der Waals surface area contributed by atoms with Gasteiger partial charge in [-0.3, -0.25) is 0 Å². The second kappa shape index (κ2) is 11.8. The topological polar surface area (TPSA) is 31.4 Å². The molecule has 0 N–H and O–H groups in total. The Morgan fingerprint density at radius 3 is 1.15 bits per heavy atom. The smallest absolute Gasteiger partial charge is 0.252 e. The number of hydrogen-bond acceptors (Lipinski definition) is 6. The highest BCUT2D eigenvalue weighted by atomic mass is 16.5. The molecule has 0 fully saturated rings. The summed E-state index contributed by atoms with van der Waals surface area (Å²) in [5.74, 6) is 3.41. The highest BCUT2D eigenvalue weighted by Gasteiger charge is 2.51. The van der Waals surface area contributed by atoms with Crippen molar-refractivity contribution in [2.45, 2.75) is 0 Å². The van der Waals surface area contributed by atoms with Crippen molar-refractivity contribution in [3.63, 3.8) is 0 Å². The van der Waals surface area contributed by atoms with E-state index in [-0.39, 0.29) is 13.4 Å². The van der Waals surface area contributed by atoms with Crippen molar-refractivity contribution in [3.8, 4) is 23.0 Å². The van der Waals surface area contributed by atoms with Gasteiger partial charge in [0.25, 0.3) is 13.4 Å². The number of ether oxygens (including phenoxy) is 2. The van der Waals surface area contributed by atoms with Crippen molar-refractivity contribution in [2.24, 2.45) is 0 Å². The van der Waals surface area contributed by atoms with E-state index in [0.717, 1.165) is 79.9 Å². The third-order valence-corrected chi connectivity index (χ3v) is 13.8. The molecule has 8 heteroatoms. The highest BCUT2D eigenvalue weighted by molar-refractivity contribution is 7.03. The van der Waals surface area contributed by atoms with E-state index in [1.54, 1.807) is 0 Å². The van der Waals surface area contributed by atoms with Crippen molar-refractivity contribution in [3.05, 3.63) is 194 Å². The van der Waals surface area contributed by atoms with Crippen LogP contribution in [0.4, 0.5) is 68.2 Å². The quantitative estimate of drug-likeness (QED) is 0.162. The van der Waals surface area contributed by atoms with E-state index < -0.39 is 0 Å². The molecule has 0 radical (unpaired) electrons. The first-order chi connectivity index (χ1) is 30.8. The van der Waals surface area contributed by atoms with Crippen LogP contribution in [0.2, 0.25) is 0 Å². The molecular weight excluding hydrogens is 758 g/mol. The average molecular weight is 790 g/mol. The number of nitrogens with zero attached hydrogens (tertiary/aromatic N) is 4. The summed E-state index contributed by atoms with van der Waals surface area (Å²) in [6.07, 6.45) is 0. The Balaban J connectivity index is 1.07. The van der Waals surface area contributed by atoms with Crippen LogP contribution in [0.1, 0.15) is 0 Å². The maximum Gasteiger partial charge on any atom is 0.252 e. The monoisotopic (exact) mass is 790 g/mol. The summed E-state index contributed by atoms with van der Waals surface area (Å²) in [5, 5.41) is 0. The largest absolute Gasteiger partial charge is 0.453 e. The number of para-hydroxylation sites is 8. The third-order valence-electron chi connectivity index (χ3n) is 13.8. The molecule has 0 aromatic heterocycles. The van der Waals surface area contributed by atoms with Gasteiger partial charge < -0.3 is 29.1 Å². The number of rotatable bonds is 2. The zero-order valence-corrected chi connectivity index (χ0v) is 33.2. The molecule has 0 saturated heterocycles. The van der Waals surface area contributed by atoms with E-state index in [0.29, 0.717) is 0 Å². The molecule has 0 bridgehead atoms. The molecule has 15 rings (SSSR count). The van der Waals surface area contributed by atoms with Crippen LogP contribution in [-0.2, 0) is 0 Å². The van der Waals surface area contributed by atoms with E-state index in [2.05, 4.69) is 214 Å². The SMILES string of the molecule is c1ccc(N2c3ccccc3B3c4cc5c(cc4N4c6ccccc6Oc6ccc2c3c64)N2c3ccccc3Oc3ccc4c(c32)B5c2ccccc2N4c2ccccc2)cc1. The lowest BCUT2D eigenvalue weighted by molar-refractivity contribution is 0.477. The highest BCUT2D eigenvalue weighted by Crippen LogP contribution is 2.57. The Kier molecular flexibility index (Phi) is 6.23. The molecule has 6 heterocycles. The number of fused-ring (bicyclic) bond motifs is 14. The summed E-state index contributed by atoms with van der Waals surface area (Å²) in [4.78, 5) is 9.85. The Morgan fingerprint density at radius 1 is 0.274 bits per heavy atom. The van der Waals surface area contributed by atoms with Crippen molar-refractivity contribution in [2.75, 3.05) is 19.6 Å². The molecule has 0 atom stereocenters. The normalized spacial score (nSPS) is 14.5. The lowest BCUT2D eigenvalue weighted by Gasteiger charge is -2.49. The van der Waals surface area contributed by atoms with Crippen LogP contribution in [-0.4, -0.2) is 13.4 Å². The van der Waals surface area contributed by atoms with Gasteiger partial charge in [0.2, 0.25) is 0 Å². The van der Waals surface area contributed by atoms with E-state index in [4.69, 9.17) is 9.47 Å². The van der Waals surface area contributed by atoms with Gasteiger partial charge in [0.15, 0.2) is 23.0 Å². The molecule has 62 heavy (non-hydrogen) atoms. The maximum absolute atomic E-state index is 6.86. The fraction of sp³-hybridized carbons (Fsp3) is 0. The van der Waals surface area contributed by atoms with Gasteiger partial charge in [0, 0.05) is 45.5 Å². The third kappa shape index (κ3) is 4.07. The van der Waals surface area contributed by atoms with E-state index in [9.17, 15) is 0 Å². The maximum atomic E-state index is 6.86. The van der Waals surface area contributed by atoms with Crippen LogP contribution in [0.25, 0.3) is 0 Å². The molecule has 0 aliphatic carbocycles. The fourth-order valence-corrected chi connectivity index (χ4v) is 11.4. The lowest BCUT2D eigenvalue weighted by atomic mass is 9.30. The standard InChI is InChI=1S/C54H32B2N4O2/c1-3-15-33(16-4-1)57-39-21-9-7-19-35(39)55-37-31-38-46(32-45(37)59-41-23-11-13-25-47(41)61-49-29-27-43(57)51(55)53(49)59)60-42-24-12-14-26-48(42)62-50-30-28-44-52(54(50)60)56(38)36-20-8-10-22-40(36)58(44)34-17-5-2-6-18-34/h1-32H. The van der Waals surface area contributed by atoms with Crippen LogP contribution in [0.15, 0.2) is 194 Å². The number of anilines is 12. The first kappa shape index (κ1) is 32.7. The van der Waals surface area contributed by atoms with Gasteiger partial charge in [-0.2, -0.15) is 0 Å². The zero-order valence-electron chi connectivity index (χ0n) is 33.2. The van der Waals surface area contributed by atoms with E-state index in [1.165, 1.54) is 44.2 Å². The Labute approximate surface area is 359 Å². The molecule has 286 valence electrons. The molecule has 0 spiro atoms. The van der Waals surface area contributed by atoms with Crippen LogP contribution in [0.5, 0.6) is 23.0 Å². The Bertz CT molecular complexity index is 3210. The summed E-state index contributed by atoms with van der Waals surface area (Å²) in [5.41, 5.74) is 21.1. The van der Waals surface area contributed by atoms with Gasteiger partial charge in [-0.25, -0.2) is 0 Å². The fourth-order valence-electron chi connectivity index (χ4n) is 11.4. The van der Waals surface area contributed by atoms with Crippen molar-refractivity contribution in [1.82, 2.24) is 0 Å². The van der Waals surface area contributed by atoms with Crippen LogP contribution < -0.4 is 61.9 Å². The van der Waals surface area contributed by atoms with Crippen LogP contribution >= 0.6 is 0 Å². The molecule has 0 unspecified atom stereocenters. The van der Waals surface area contributed by atoms with Gasteiger partial charge in [-0.05, 0) is 124 Å². The predicted octanol–water partition coefficient (Wildman–Crippen LogP) is 10.1. The van der Waals surface area contributed by atoms with Gasteiger partial charge in [0.1, 0.15) is 0 Å². The van der Waals surface area contributed by atoms with Gasteiger partial charge >= 0.3 is 0 Å². The first-order valence-corrected chi connectivity index (χ1v) is 21.3. The molecule has 9 aromatic carbocycles. The second-order valence-corrected chi connectivity index (χ2v) is 16.8. The second-order valence-electron chi connectivity index (χ2n) is 16.8. The van der Waals surface area contributed by atoms with Crippen molar-refractivity contribution < 1.29 is 9.47 Å². The van der Waals surface area contributed by atoms with Gasteiger partial charge in [-0.15, -0.1) is 0 Å². The molecule has 6 aliphatic heterocycles. The average Bonchev–Trinajstić information content (AvgIpc) is 3.33. The zero-order chi connectivity index (χ0) is 40.2. The summed E-state index contributed by atoms with van der Waals surface area (Å²) >= 11 is 0. The van der Waals surface area contributed by atoms with E-state index in [1.807, 2.05) is 0 Å². The molecular formula is C54H32B2N4O2. The molecule has 0 amide bonds. The predicted molar refractivity (Wildman–Crippen MR) is 255 cm³/mol.